The lowest BCUT2D eigenvalue weighted by Crippen LogP contribution is -2.22. The van der Waals surface area contributed by atoms with Crippen molar-refractivity contribution in [1.82, 2.24) is 5.32 Å². The summed E-state index contributed by atoms with van der Waals surface area (Å²) in [5, 5.41) is 2.82. The zero-order valence-corrected chi connectivity index (χ0v) is 13.9. The normalized spacial score (nSPS) is 11.0. The van der Waals surface area contributed by atoms with Crippen LogP contribution in [0.3, 0.4) is 0 Å². The number of ether oxygens (including phenoxy) is 1. The molecule has 0 saturated carbocycles. The minimum atomic E-state index is -0.183. The third-order valence-electron chi connectivity index (χ3n) is 3.31. The van der Waals surface area contributed by atoms with Gasteiger partial charge in [0.1, 0.15) is 0 Å². The number of aryl methyl sites for hydroxylation is 1. The van der Waals surface area contributed by atoms with E-state index in [1.54, 1.807) is 6.08 Å². The van der Waals surface area contributed by atoms with Gasteiger partial charge < -0.3 is 10.1 Å². The van der Waals surface area contributed by atoms with Crippen molar-refractivity contribution >= 4 is 18.0 Å². The number of unbranched alkanes of at least 4 members (excludes halogenated alkanes) is 2. The Morgan fingerprint density at radius 1 is 1.09 bits per heavy atom. The van der Waals surface area contributed by atoms with Gasteiger partial charge in [0.15, 0.2) is 0 Å². The summed E-state index contributed by atoms with van der Waals surface area (Å²) in [4.78, 5) is 22.5. The van der Waals surface area contributed by atoms with Crippen LogP contribution in [0.15, 0.2) is 42.5 Å². The Labute approximate surface area is 138 Å². The van der Waals surface area contributed by atoms with Gasteiger partial charge in [0, 0.05) is 19.0 Å². The molecule has 0 radical (unpaired) electrons. The first-order valence-corrected chi connectivity index (χ1v) is 7.88. The first-order valence-electron chi connectivity index (χ1n) is 7.88. The smallest absolute Gasteiger partial charge is 0.305 e. The summed E-state index contributed by atoms with van der Waals surface area (Å²) in [5.74, 6) is -0.288. The molecule has 0 heterocycles. The summed E-state index contributed by atoms with van der Waals surface area (Å²) in [7, 11) is 1.39. The average Bonchev–Trinajstić information content (AvgIpc) is 2.56. The third-order valence-corrected chi connectivity index (χ3v) is 3.31. The highest BCUT2D eigenvalue weighted by Gasteiger charge is 1.99. The first-order chi connectivity index (χ1) is 11.1. The quantitative estimate of drug-likeness (QED) is 0.329. The lowest BCUT2D eigenvalue weighted by molar-refractivity contribution is -0.140. The number of allylic oxidation sites excluding steroid dienone is 2. The molecule has 1 rings (SSSR count). The topological polar surface area (TPSA) is 55.4 Å². The molecule has 1 N–H and O–H groups in total. The van der Waals surface area contributed by atoms with E-state index in [9.17, 15) is 9.59 Å². The highest BCUT2D eigenvalue weighted by atomic mass is 16.5. The fourth-order valence-corrected chi connectivity index (χ4v) is 1.93. The summed E-state index contributed by atoms with van der Waals surface area (Å²) in [6.07, 6.45) is 10.0. The van der Waals surface area contributed by atoms with E-state index in [1.807, 2.05) is 31.2 Å². The van der Waals surface area contributed by atoms with Crippen LogP contribution in [0.25, 0.3) is 6.08 Å². The molecule has 0 aromatic heterocycles. The fraction of sp³-hybridized carbons (Fsp3) is 0.368. The molecule has 1 amide bonds. The average molecular weight is 315 g/mol. The van der Waals surface area contributed by atoms with Crippen LogP contribution in [-0.2, 0) is 14.3 Å². The second-order valence-corrected chi connectivity index (χ2v) is 5.31. The molecule has 4 heteroatoms. The molecule has 0 spiro atoms. The van der Waals surface area contributed by atoms with Gasteiger partial charge in [0.2, 0.25) is 5.91 Å². The van der Waals surface area contributed by atoms with Crippen LogP contribution in [0.1, 0.15) is 36.8 Å². The molecule has 0 aliphatic carbocycles. The zero-order chi connectivity index (χ0) is 16.9. The van der Waals surface area contributed by atoms with Crippen molar-refractivity contribution < 1.29 is 14.3 Å². The van der Waals surface area contributed by atoms with Crippen molar-refractivity contribution in [2.24, 2.45) is 0 Å². The number of nitrogens with one attached hydrogen (secondary N) is 1. The summed E-state index contributed by atoms with van der Waals surface area (Å²) < 4.78 is 4.56. The van der Waals surface area contributed by atoms with Gasteiger partial charge in [-0.1, -0.05) is 54.5 Å². The monoisotopic (exact) mass is 315 g/mol. The lowest BCUT2D eigenvalue weighted by atomic mass is 10.1. The molecule has 4 nitrogen and oxygen atoms in total. The maximum absolute atomic E-state index is 11.6. The van der Waals surface area contributed by atoms with Crippen molar-refractivity contribution in [3.05, 3.63) is 53.6 Å². The predicted molar refractivity (Wildman–Crippen MR) is 92.8 cm³/mol. The summed E-state index contributed by atoms with van der Waals surface area (Å²) in [6.45, 7) is 2.67. The molecule has 0 bridgehead atoms. The highest BCUT2D eigenvalue weighted by molar-refractivity contribution is 5.87. The van der Waals surface area contributed by atoms with Crippen molar-refractivity contribution in [2.75, 3.05) is 13.7 Å². The second-order valence-electron chi connectivity index (χ2n) is 5.31. The number of esters is 1. The van der Waals surface area contributed by atoms with Gasteiger partial charge in [-0.2, -0.15) is 0 Å². The Balaban J connectivity index is 2.13. The number of carbonyl (C=O) groups is 2. The van der Waals surface area contributed by atoms with Crippen molar-refractivity contribution in [3.63, 3.8) is 0 Å². The molecule has 1 aromatic rings. The predicted octanol–water partition coefficient (Wildman–Crippen LogP) is 3.41. The Bertz CT molecular complexity index is 544. The van der Waals surface area contributed by atoms with Crippen molar-refractivity contribution in [2.45, 2.75) is 32.6 Å². The standard InChI is InChI=1S/C19H25NO3/c1-16-11-13-17(14-12-16)8-5-6-9-18(21)20-15-7-3-4-10-19(22)23-2/h5-6,8-9,11-14H,3-4,7,10,15H2,1-2H3,(H,20,21)/b8-5+,9-6+. The largest absolute Gasteiger partial charge is 0.469 e. The number of rotatable bonds is 9. The number of carbonyl (C=O) groups excluding carboxylic acids is 2. The minimum absolute atomic E-state index is 0.105. The molecule has 0 fully saturated rings. The zero-order valence-electron chi connectivity index (χ0n) is 13.9. The summed E-state index contributed by atoms with van der Waals surface area (Å²) in [6, 6.07) is 8.18. The van der Waals surface area contributed by atoms with Gasteiger partial charge in [0.05, 0.1) is 7.11 Å². The molecule has 0 aliphatic rings. The van der Waals surface area contributed by atoms with Gasteiger partial charge in [-0.25, -0.2) is 0 Å². The third kappa shape index (κ3) is 9.30. The van der Waals surface area contributed by atoms with E-state index < -0.39 is 0 Å². The number of benzene rings is 1. The maximum atomic E-state index is 11.6. The number of hydrogen-bond acceptors (Lipinski definition) is 3. The van der Waals surface area contributed by atoms with Gasteiger partial charge >= 0.3 is 5.97 Å². The highest BCUT2D eigenvalue weighted by Crippen LogP contribution is 2.04. The van der Waals surface area contributed by atoms with E-state index in [2.05, 4.69) is 22.2 Å². The maximum Gasteiger partial charge on any atom is 0.305 e. The molecular weight excluding hydrogens is 290 g/mol. The van der Waals surface area contributed by atoms with Crippen LogP contribution >= 0.6 is 0 Å². The Morgan fingerprint density at radius 3 is 2.52 bits per heavy atom. The van der Waals surface area contributed by atoms with Gasteiger partial charge in [-0.05, 0) is 25.3 Å². The van der Waals surface area contributed by atoms with Gasteiger partial charge in [-0.3, -0.25) is 9.59 Å². The van der Waals surface area contributed by atoms with Crippen molar-refractivity contribution in [1.29, 1.82) is 0 Å². The van der Waals surface area contributed by atoms with E-state index in [0.29, 0.717) is 13.0 Å². The molecule has 0 unspecified atom stereocenters. The van der Waals surface area contributed by atoms with Gasteiger partial charge in [0.25, 0.3) is 0 Å². The number of amides is 1. The van der Waals surface area contributed by atoms with Crippen LogP contribution in [0.2, 0.25) is 0 Å². The Kier molecular flexibility index (Phi) is 9.13. The summed E-state index contributed by atoms with van der Waals surface area (Å²) in [5.41, 5.74) is 2.33. The summed E-state index contributed by atoms with van der Waals surface area (Å²) >= 11 is 0. The van der Waals surface area contributed by atoms with Crippen molar-refractivity contribution in [3.8, 4) is 0 Å². The number of methoxy groups -OCH3 is 1. The Morgan fingerprint density at radius 2 is 1.83 bits per heavy atom. The first kappa shape index (κ1) is 18.7. The minimum Gasteiger partial charge on any atom is -0.469 e. The van der Waals surface area contributed by atoms with Gasteiger partial charge in [-0.15, -0.1) is 0 Å². The van der Waals surface area contributed by atoms with E-state index in [1.165, 1.54) is 18.7 Å². The molecule has 23 heavy (non-hydrogen) atoms. The molecular formula is C19H25NO3. The molecule has 0 aliphatic heterocycles. The van der Waals surface area contributed by atoms with Crippen LogP contribution < -0.4 is 5.32 Å². The van der Waals surface area contributed by atoms with Crippen LogP contribution in [0, 0.1) is 6.92 Å². The fourth-order valence-electron chi connectivity index (χ4n) is 1.93. The molecule has 1 aromatic carbocycles. The van der Waals surface area contributed by atoms with E-state index in [4.69, 9.17) is 0 Å². The van der Waals surface area contributed by atoms with E-state index in [0.717, 1.165) is 24.8 Å². The van der Waals surface area contributed by atoms with E-state index in [-0.39, 0.29) is 11.9 Å². The van der Waals surface area contributed by atoms with Crippen LogP contribution in [-0.4, -0.2) is 25.5 Å². The molecule has 0 saturated heterocycles. The van der Waals surface area contributed by atoms with Crippen LogP contribution in [0.5, 0.6) is 0 Å². The number of hydrogen-bond donors (Lipinski definition) is 1. The SMILES string of the molecule is COC(=O)CCCCCNC(=O)/C=C/C=C/c1ccc(C)cc1. The molecule has 0 atom stereocenters. The Hall–Kier alpha value is -2.36. The lowest BCUT2D eigenvalue weighted by Gasteiger charge is -2.02. The second kappa shape index (κ2) is 11.2. The molecule has 124 valence electrons. The van der Waals surface area contributed by atoms with Crippen LogP contribution in [0.4, 0.5) is 0 Å². The van der Waals surface area contributed by atoms with E-state index >= 15 is 0 Å².